The number of anilines is 1. The van der Waals surface area contributed by atoms with Crippen molar-refractivity contribution in [1.82, 2.24) is 4.72 Å². The van der Waals surface area contributed by atoms with Crippen molar-refractivity contribution in [3.8, 4) is 0 Å². The van der Waals surface area contributed by atoms with Gasteiger partial charge in [0, 0.05) is 11.0 Å². The zero-order chi connectivity index (χ0) is 12.2. The Morgan fingerprint density at radius 2 is 2.12 bits per heavy atom. The second-order valence-electron chi connectivity index (χ2n) is 3.43. The van der Waals surface area contributed by atoms with E-state index >= 15 is 0 Å². The third-order valence-electron chi connectivity index (χ3n) is 2.08. The summed E-state index contributed by atoms with van der Waals surface area (Å²) in [5.41, 5.74) is 5.91. The molecule has 16 heavy (non-hydrogen) atoms. The molecule has 0 aliphatic heterocycles. The summed E-state index contributed by atoms with van der Waals surface area (Å²) in [7, 11) is -3.48. The van der Waals surface area contributed by atoms with Crippen molar-refractivity contribution in [3.63, 3.8) is 0 Å². The lowest BCUT2D eigenvalue weighted by Gasteiger charge is -2.08. The molecule has 1 aromatic carbocycles. The third kappa shape index (κ3) is 3.47. The summed E-state index contributed by atoms with van der Waals surface area (Å²) in [6.07, 6.45) is 1.76. The molecule has 0 aromatic heterocycles. The van der Waals surface area contributed by atoms with Gasteiger partial charge in [0.2, 0.25) is 10.0 Å². The standard InChI is InChI=1S/C10H15BrN2O2S/c1-2-3-6-13-16(14,15)10-5-4-8(11)7-9(10)12/h4-5,7,13H,2-3,6,12H2,1H3. The number of benzene rings is 1. The van der Waals surface area contributed by atoms with Crippen molar-refractivity contribution in [3.05, 3.63) is 22.7 Å². The normalized spacial score (nSPS) is 11.6. The molecular weight excluding hydrogens is 292 g/mol. The van der Waals surface area contributed by atoms with Gasteiger partial charge in [0.15, 0.2) is 0 Å². The van der Waals surface area contributed by atoms with Crippen molar-refractivity contribution in [2.24, 2.45) is 0 Å². The lowest BCUT2D eigenvalue weighted by Crippen LogP contribution is -2.25. The summed E-state index contributed by atoms with van der Waals surface area (Å²) < 4.78 is 26.9. The van der Waals surface area contributed by atoms with Gasteiger partial charge >= 0.3 is 0 Å². The zero-order valence-corrected chi connectivity index (χ0v) is 11.4. The van der Waals surface area contributed by atoms with E-state index < -0.39 is 10.0 Å². The monoisotopic (exact) mass is 306 g/mol. The fourth-order valence-electron chi connectivity index (χ4n) is 1.23. The molecule has 90 valence electrons. The summed E-state index contributed by atoms with van der Waals surface area (Å²) in [4.78, 5) is 0.131. The number of sulfonamides is 1. The van der Waals surface area contributed by atoms with E-state index in [4.69, 9.17) is 5.73 Å². The van der Waals surface area contributed by atoms with Gasteiger partial charge in [-0.05, 0) is 24.6 Å². The van der Waals surface area contributed by atoms with Gasteiger partial charge in [-0.15, -0.1) is 0 Å². The Labute approximate surface area is 104 Å². The molecule has 0 aliphatic rings. The van der Waals surface area contributed by atoms with Crippen LogP contribution in [0.2, 0.25) is 0 Å². The van der Waals surface area contributed by atoms with Crippen LogP contribution in [0.4, 0.5) is 5.69 Å². The molecule has 1 rings (SSSR count). The zero-order valence-electron chi connectivity index (χ0n) is 9.03. The van der Waals surface area contributed by atoms with Gasteiger partial charge in [0.05, 0.1) is 5.69 Å². The molecule has 4 nitrogen and oxygen atoms in total. The second-order valence-corrected chi connectivity index (χ2v) is 6.08. The molecule has 0 spiro atoms. The van der Waals surface area contributed by atoms with Crippen molar-refractivity contribution < 1.29 is 8.42 Å². The van der Waals surface area contributed by atoms with Crippen LogP contribution in [-0.4, -0.2) is 15.0 Å². The van der Waals surface area contributed by atoms with Crippen LogP contribution < -0.4 is 10.5 Å². The van der Waals surface area contributed by atoms with Crippen LogP contribution in [-0.2, 0) is 10.0 Å². The second kappa shape index (κ2) is 5.65. The van der Waals surface area contributed by atoms with Crippen LogP contribution in [0.15, 0.2) is 27.6 Å². The lowest BCUT2D eigenvalue weighted by atomic mass is 10.3. The summed E-state index contributed by atoms with van der Waals surface area (Å²) in [5, 5.41) is 0. The first-order valence-electron chi connectivity index (χ1n) is 5.02. The number of unbranched alkanes of at least 4 members (excludes halogenated alkanes) is 1. The summed E-state index contributed by atoms with van der Waals surface area (Å²) >= 11 is 3.23. The van der Waals surface area contributed by atoms with E-state index in [-0.39, 0.29) is 10.6 Å². The average molecular weight is 307 g/mol. The van der Waals surface area contributed by atoms with Crippen LogP contribution in [0.1, 0.15) is 19.8 Å². The highest BCUT2D eigenvalue weighted by molar-refractivity contribution is 9.10. The first-order chi connectivity index (χ1) is 7.47. The molecule has 6 heteroatoms. The van der Waals surface area contributed by atoms with E-state index in [9.17, 15) is 8.42 Å². The third-order valence-corrected chi connectivity index (χ3v) is 4.11. The topological polar surface area (TPSA) is 72.2 Å². The SMILES string of the molecule is CCCCNS(=O)(=O)c1ccc(Br)cc1N. The molecule has 0 amide bonds. The minimum atomic E-state index is -3.48. The minimum absolute atomic E-state index is 0.131. The molecule has 3 N–H and O–H groups in total. The van der Waals surface area contributed by atoms with Crippen molar-refractivity contribution in [2.75, 3.05) is 12.3 Å². The van der Waals surface area contributed by atoms with Gasteiger partial charge in [-0.25, -0.2) is 13.1 Å². The molecule has 0 heterocycles. The predicted octanol–water partition coefficient (Wildman–Crippen LogP) is 2.11. The Bertz CT molecular complexity index is 460. The molecule has 0 saturated heterocycles. The maximum atomic E-state index is 11.8. The van der Waals surface area contributed by atoms with Crippen LogP contribution >= 0.6 is 15.9 Å². The van der Waals surface area contributed by atoms with Crippen LogP contribution in [0.5, 0.6) is 0 Å². The Morgan fingerprint density at radius 3 is 2.69 bits per heavy atom. The average Bonchev–Trinajstić information content (AvgIpc) is 2.17. The predicted molar refractivity (Wildman–Crippen MR) is 68.7 cm³/mol. The van der Waals surface area contributed by atoms with Gasteiger partial charge in [-0.2, -0.15) is 0 Å². The van der Waals surface area contributed by atoms with Crippen LogP contribution in [0, 0.1) is 0 Å². The smallest absolute Gasteiger partial charge is 0.242 e. The lowest BCUT2D eigenvalue weighted by molar-refractivity contribution is 0.579. The highest BCUT2D eigenvalue weighted by Crippen LogP contribution is 2.22. The molecule has 0 unspecified atom stereocenters. The van der Waals surface area contributed by atoms with E-state index in [2.05, 4.69) is 20.7 Å². The Balaban J connectivity index is 2.90. The molecule has 0 bridgehead atoms. The minimum Gasteiger partial charge on any atom is -0.398 e. The number of nitrogens with one attached hydrogen (secondary N) is 1. The first-order valence-corrected chi connectivity index (χ1v) is 7.29. The van der Waals surface area contributed by atoms with E-state index in [1.807, 2.05) is 6.92 Å². The maximum Gasteiger partial charge on any atom is 0.242 e. The molecule has 0 fully saturated rings. The number of nitrogens with two attached hydrogens (primary N) is 1. The largest absolute Gasteiger partial charge is 0.398 e. The van der Waals surface area contributed by atoms with Gasteiger partial charge in [-0.1, -0.05) is 29.3 Å². The number of nitrogen functional groups attached to an aromatic ring is 1. The molecule has 0 atom stereocenters. The van der Waals surface area contributed by atoms with E-state index in [1.54, 1.807) is 12.1 Å². The Morgan fingerprint density at radius 1 is 1.44 bits per heavy atom. The van der Waals surface area contributed by atoms with Gasteiger partial charge in [-0.3, -0.25) is 0 Å². The van der Waals surface area contributed by atoms with E-state index in [1.165, 1.54) is 6.07 Å². The fourth-order valence-corrected chi connectivity index (χ4v) is 2.79. The highest BCUT2D eigenvalue weighted by Gasteiger charge is 2.16. The fraction of sp³-hybridized carbons (Fsp3) is 0.400. The molecule has 1 aromatic rings. The molecule has 0 saturated carbocycles. The van der Waals surface area contributed by atoms with Crippen molar-refractivity contribution >= 4 is 31.6 Å². The van der Waals surface area contributed by atoms with Gasteiger partial charge in [0.1, 0.15) is 4.90 Å². The molecule has 0 radical (unpaired) electrons. The number of hydrogen-bond acceptors (Lipinski definition) is 3. The van der Waals surface area contributed by atoms with Crippen LogP contribution in [0.25, 0.3) is 0 Å². The number of halogens is 1. The van der Waals surface area contributed by atoms with E-state index in [0.717, 1.165) is 17.3 Å². The number of rotatable bonds is 5. The molecule has 0 aliphatic carbocycles. The van der Waals surface area contributed by atoms with E-state index in [0.29, 0.717) is 6.54 Å². The van der Waals surface area contributed by atoms with Gasteiger partial charge < -0.3 is 5.73 Å². The van der Waals surface area contributed by atoms with Crippen molar-refractivity contribution in [2.45, 2.75) is 24.7 Å². The van der Waals surface area contributed by atoms with Crippen LogP contribution in [0.3, 0.4) is 0 Å². The summed E-state index contributed by atoms with van der Waals surface area (Å²) in [5.74, 6) is 0. The first kappa shape index (κ1) is 13.5. The number of hydrogen-bond donors (Lipinski definition) is 2. The Kier molecular flexibility index (Phi) is 4.76. The maximum absolute atomic E-state index is 11.8. The van der Waals surface area contributed by atoms with Crippen molar-refractivity contribution in [1.29, 1.82) is 0 Å². The quantitative estimate of drug-likeness (QED) is 0.646. The van der Waals surface area contributed by atoms with Gasteiger partial charge in [0.25, 0.3) is 0 Å². The summed E-state index contributed by atoms with van der Waals surface area (Å²) in [6.45, 7) is 2.44. The molecular formula is C10H15BrN2O2S. The summed E-state index contributed by atoms with van der Waals surface area (Å²) in [6, 6.07) is 4.73. The Hall–Kier alpha value is -0.590. The highest BCUT2D eigenvalue weighted by atomic mass is 79.9.